The van der Waals surface area contributed by atoms with Gasteiger partial charge in [0, 0.05) is 24.2 Å². The summed E-state index contributed by atoms with van der Waals surface area (Å²) in [6.07, 6.45) is 8.67. The predicted molar refractivity (Wildman–Crippen MR) is 114 cm³/mol. The number of benzene rings is 1. The summed E-state index contributed by atoms with van der Waals surface area (Å²) in [5, 5.41) is 17.7. The standard InChI is InChI=1S/C22H22N6O3/c1-2-31-19-13-23-22(24-14-19)17-5-3-4-16(10-17)11-20-21(30)6-7-28(26-20)18-12-25-27(15-18)8-9-29/h3-7,10,12-15,29H,2,8-9,11H2,1H3. The Morgan fingerprint density at radius 2 is 1.97 bits per heavy atom. The fraction of sp³-hybridized carbons (Fsp3) is 0.227. The number of hydrogen-bond donors (Lipinski definition) is 1. The second kappa shape index (κ2) is 9.31. The van der Waals surface area contributed by atoms with Gasteiger partial charge in [0.1, 0.15) is 11.4 Å². The maximum absolute atomic E-state index is 12.4. The monoisotopic (exact) mass is 418 g/mol. The van der Waals surface area contributed by atoms with Crippen molar-refractivity contribution in [1.29, 1.82) is 0 Å². The first kappa shape index (κ1) is 20.4. The third-order valence-corrected chi connectivity index (χ3v) is 4.59. The van der Waals surface area contributed by atoms with Crippen molar-refractivity contribution in [3.8, 4) is 22.8 Å². The van der Waals surface area contributed by atoms with Gasteiger partial charge in [0.25, 0.3) is 0 Å². The number of aliphatic hydroxyl groups excluding tert-OH is 1. The summed E-state index contributed by atoms with van der Waals surface area (Å²) < 4.78 is 8.61. The Balaban J connectivity index is 1.57. The van der Waals surface area contributed by atoms with Crippen LogP contribution in [0.4, 0.5) is 0 Å². The molecule has 0 fully saturated rings. The molecule has 0 radical (unpaired) electrons. The van der Waals surface area contributed by atoms with Gasteiger partial charge in [0.15, 0.2) is 11.6 Å². The van der Waals surface area contributed by atoms with Crippen LogP contribution in [0.3, 0.4) is 0 Å². The molecule has 3 aromatic heterocycles. The first-order valence-electron chi connectivity index (χ1n) is 9.93. The quantitative estimate of drug-likeness (QED) is 0.465. The highest BCUT2D eigenvalue weighted by atomic mass is 16.5. The molecule has 3 heterocycles. The Labute approximate surface area is 178 Å². The van der Waals surface area contributed by atoms with E-state index in [2.05, 4.69) is 20.2 Å². The van der Waals surface area contributed by atoms with E-state index in [1.165, 1.54) is 6.07 Å². The lowest BCUT2D eigenvalue weighted by Gasteiger charge is -2.07. The number of ether oxygens (including phenoxy) is 1. The van der Waals surface area contributed by atoms with E-state index in [0.717, 1.165) is 11.1 Å². The van der Waals surface area contributed by atoms with Crippen LogP contribution < -0.4 is 10.2 Å². The van der Waals surface area contributed by atoms with Crippen molar-refractivity contribution >= 4 is 0 Å². The molecule has 4 rings (SSSR count). The molecule has 31 heavy (non-hydrogen) atoms. The number of hydrogen-bond acceptors (Lipinski definition) is 7. The molecule has 0 unspecified atom stereocenters. The third kappa shape index (κ3) is 4.84. The lowest BCUT2D eigenvalue weighted by atomic mass is 10.1. The van der Waals surface area contributed by atoms with Crippen molar-refractivity contribution in [3.05, 3.63) is 82.8 Å². The smallest absolute Gasteiger partial charge is 0.203 e. The van der Waals surface area contributed by atoms with E-state index in [4.69, 9.17) is 9.84 Å². The van der Waals surface area contributed by atoms with Gasteiger partial charge in [-0.25, -0.2) is 14.6 Å². The minimum Gasteiger partial charge on any atom is -0.491 e. The molecule has 0 saturated heterocycles. The number of rotatable bonds is 8. The van der Waals surface area contributed by atoms with Crippen molar-refractivity contribution in [2.24, 2.45) is 0 Å². The van der Waals surface area contributed by atoms with E-state index in [0.29, 0.717) is 42.5 Å². The van der Waals surface area contributed by atoms with Crippen LogP contribution in [0.5, 0.6) is 5.75 Å². The van der Waals surface area contributed by atoms with Gasteiger partial charge in [0.05, 0.1) is 44.5 Å². The predicted octanol–water partition coefficient (Wildman–Crippen LogP) is 1.87. The lowest BCUT2D eigenvalue weighted by molar-refractivity contribution is 0.269. The summed E-state index contributed by atoms with van der Waals surface area (Å²) >= 11 is 0. The van der Waals surface area contributed by atoms with Crippen LogP contribution >= 0.6 is 0 Å². The average Bonchev–Trinajstić information content (AvgIpc) is 3.25. The zero-order chi connectivity index (χ0) is 21.6. The van der Waals surface area contributed by atoms with Gasteiger partial charge < -0.3 is 9.84 Å². The molecular formula is C22H22N6O3. The zero-order valence-electron chi connectivity index (χ0n) is 17.0. The highest BCUT2D eigenvalue weighted by Gasteiger charge is 2.09. The van der Waals surface area contributed by atoms with Gasteiger partial charge in [-0.2, -0.15) is 10.2 Å². The molecule has 0 saturated carbocycles. The Hall–Kier alpha value is -3.85. The Morgan fingerprint density at radius 3 is 2.74 bits per heavy atom. The summed E-state index contributed by atoms with van der Waals surface area (Å²) in [7, 11) is 0. The maximum atomic E-state index is 12.4. The van der Waals surface area contributed by atoms with E-state index in [9.17, 15) is 4.79 Å². The molecule has 1 N–H and O–H groups in total. The van der Waals surface area contributed by atoms with E-state index in [-0.39, 0.29) is 12.0 Å². The van der Waals surface area contributed by atoms with Gasteiger partial charge in [0.2, 0.25) is 5.43 Å². The molecule has 9 nitrogen and oxygen atoms in total. The highest BCUT2D eigenvalue weighted by molar-refractivity contribution is 5.56. The fourth-order valence-electron chi connectivity index (χ4n) is 3.13. The number of nitrogens with zero attached hydrogens (tertiary/aromatic N) is 6. The van der Waals surface area contributed by atoms with Gasteiger partial charge in [-0.15, -0.1) is 0 Å². The van der Waals surface area contributed by atoms with Crippen molar-refractivity contribution in [2.45, 2.75) is 19.9 Å². The van der Waals surface area contributed by atoms with Crippen LogP contribution in [0.15, 0.2) is 66.1 Å². The topological polar surface area (TPSA) is 108 Å². The lowest BCUT2D eigenvalue weighted by Crippen LogP contribution is -2.16. The van der Waals surface area contributed by atoms with Crippen LogP contribution in [0.1, 0.15) is 18.2 Å². The molecule has 0 amide bonds. The van der Waals surface area contributed by atoms with Crippen LogP contribution in [-0.4, -0.2) is 47.8 Å². The van der Waals surface area contributed by atoms with Gasteiger partial charge >= 0.3 is 0 Å². The van der Waals surface area contributed by atoms with Gasteiger partial charge in [-0.3, -0.25) is 9.48 Å². The average molecular weight is 418 g/mol. The van der Waals surface area contributed by atoms with Crippen LogP contribution in [0.2, 0.25) is 0 Å². The molecule has 0 aliphatic rings. The first-order valence-corrected chi connectivity index (χ1v) is 9.93. The largest absolute Gasteiger partial charge is 0.491 e. The maximum Gasteiger partial charge on any atom is 0.203 e. The van der Waals surface area contributed by atoms with Crippen molar-refractivity contribution in [2.75, 3.05) is 13.2 Å². The van der Waals surface area contributed by atoms with Crippen molar-refractivity contribution in [1.82, 2.24) is 29.5 Å². The molecule has 4 aromatic rings. The summed E-state index contributed by atoms with van der Waals surface area (Å²) in [6.45, 7) is 2.86. The molecule has 0 aliphatic heterocycles. The van der Waals surface area contributed by atoms with Gasteiger partial charge in [-0.05, 0) is 18.6 Å². The minimum absolute atomic E-state index is 0.00161. The van der Waals surface area contributed by atoms with Gasteiger partial charge in [-0.1, -0.05) is 18.2 Å². The Kier molecular flexibility index (Phi) is 6.13. The van der Waals surface area contributed by atoms with E-state index >= 15 is 0 Å². The molecule has 158 valence electrons. The molecule has 0 atom stereocenters. The summed E-state index contributed by atoms with van der Waals surface area (Å²) in [5.41, 5.74) is 2.77. The third-order valence-electron chi connectivity index (χ3n) is 4.59. The Morgan fingerprint density at radius 1 is 1.13 bits per heavy atom. The van der Waals surface area contributed by atoms with E-state index < -0.39 is 0 Å². The molecule has 0 bridgehead atoms. The first-order chi connectivity index (χ1) is 15.2. The summed E-state index contributed by atoms with van der Waals surface area (Å²) in [4.78, 5) is 21.1. The molecule has 0 spiro atoms. The number of aromatic nitrogens is 6. The van der Waals surface area contributed by atoms with E-state index in [1.807, 2.05) is 31.2 Å². The zero-order valence-corrected chi connectivity index (χ0v) is 17.0. The van der Waals surface area contributed by atoms with Crippen LogP contribution in [-0.2, 0) is 13.0 Å². The molecule has 1 aromatic carbocycles. The van der Waals surface area contributed by atoms with Crippen LogP contribution in [0, 0.1) is 0 Å². The second-order valence-corrected chi connectivity index (χ2v) is 6.81. The molecule has 9 heteroatoms. The summed E-state index contributed by atoms with van der Waals surface area (Å²) in [5.74, 6) is 1.21. The molecular weight excluding hydrogens is 396 g/mol. The Bertz CT molecular complexity index is 1220. The number of aliphatic hydroxyl groups is 1. The van der Waals surface area contributed by atoms with E-state index in [1.54, 1.807) is 40.3 Å². The minimum atomic E-state index is -0.137. The summed E-state index contributed by atoms with van der Waals surface area (Å²) in [6, 6.07) is 9.21. The fourth-order valence-corrected chi connectivity index (χ4v) is 3.13. The highest BCUT2D eigenvalue weighted by Crippen LogP contribution is 2.19. The van der Waals surface area contributed by atoms with Crippen molar-refractivity contribution < 1.29 is 9.84 Å². The second-order valence-electron chi connectivity index (χ2n) is 6.81. The van der Waals surface area contributed by atoms with Crippen LogP contribution in [0.25, 0.3) is 17.1 Å². The normalized spacial score (nSPS) is 10.9. The van der Waals surface area contributed by atoms with Crippen molar-refractivity contribution in [3.63, 3.8) is 0 Å². The molecule has 0 aliphatic carbocycles. The SMILES string of the molecule is CCOc1cnc(-c2cccc(Cc3nn(-c4cnn(CCO)c4)ccc3=O)c2)nc1.